The first-order valence-electron chi connectivity index (χ1n) is 6.58. The zero-order valence-electron chi connectivity index (χ0n) is 11.1. The van der Waals surface area contributed by atoms with Gasteiger partial charge in [0.1, 0.15) is 5.69 Å². The van der Waals surface area contributed by atoms with Gasteiger partial charge in [0.15, 0.2) is 0 Å². The van der Waals surface area contributed by atoms with Crippen LogP contribution in [0.4, 0.5) is 0 Å². The summed E-state index contributed by atoms with van der Waals surface area (Å²) in [6.45, 7) is 4.66. The summed E-state index contributed by atoms with van der Waals surface area (Å²) in [7, 11) is 1.98. The molecule has 1 aromatic rings. The number of aromatic nitrogens is 1. The lowest BCUT2D eigenvalue weighted by Crippen LogP contribution is -2.40. The predicted octanol–water partition coefficient (Wildman–Crippen LogP) is 1.46. The molecule has 2 rings (SSSR count). The molecule has 18 heavy (non-hydrogen) atoms. The fraction of sp³-hybridized carbons (Fsp3) is 0.571. The number of hydrogen-bond acceptors (Lipinski definition) is 3. The molecule has 0 atom stereocenters. The van der Waals surface area contributed by atoms with Crippen molar-refractivity contribution in [2.45, 2.75) is 19.8 Å². The highest BCUT2D eigenvalue weighted by Gasteiger charge is 2.23. The van der Waals surface area contributed by atoms with Gasteiger partial charge < -0.3 is 10.2 Å². The highest BCUT2D eigenvalue weighted by molar-refractivity contribution is 5.92. The molecule has 1 fully saturated rings. The minimum Gasteiger partial charge on any atom is -0.337 e. The van der Waals surface area contributed by atoms with Crippen LogP contribution in [0.1, 0.15) is 29.0 Å². The zero-order chi connectivity index (χ0) is 13.0. The second-order valence-electron chi connectivity index (χ2n) is 4.96. The van der Waals surface area contributed by atoms with E-state index in [0.717, 1.165) is 38.2 Å². The Morgan fingerprint density at radius 3 is 2.78 bits per heavy atom. The van der Waals surface area contributed by atoms with Crippen LogP contribution in [0.25, 0.3) is 0 Å². The Morgan fingerprint density at radius 1 is 1.44 bits per heavy atom. The maximum atomic E-state index is 12.3. The fourth-order valence-corrected chi connectivity index (χ4v) is 2.45. The van der Waals surface area contributed by atoms with Crippen molar-refractivity contribution >= 4 is 5.91 Å². The Kier molecular flexibility index (Phi) is 4.31. The summed E-state index contributed by atoms with van der Waals surface area (Å²) in [5.41, 5.74) is 1.47. The van der Waals surface area contributed by atoms with E-state index < -0.39 is 0 Å². The van der Waals surface area contributed by atoms with Gasteiger partial charge in [-0.05, 0) is 51.4 Å². The molecule has 1 amide bonds. The lowest BCUT2D eigenvalue weighted by Gasteiger charge is -2.31. The van der Waals surface area contributed by atoms with Gasteiger partial charge in [-0.2, -0.15) is 0 Å². The summed E-state index contributed by atoms with van der Waals surface area (Å²) in [6.07, 6.45) is 2.16. The van der Waals surface area contributed by atoms with Gasteiger partial charge in [-0.15, -0.1) is 0 Å². The number of nitrogens with one attached hydrogen (secondary N) is 1. The van der Waals surface area contributed by atoms with E-state index in [-0.39, 0.29) is 5.91 Å². The number of nitrogens with zero attached hydrogens (tertiary/aromatic N) is 2. The molecule has 1 N–H and O–H groups in total. The van der Waals surface area contributed by atoms with E-state index in [2.05, 4.69) is 10.3 Å². The molecule has 0 aliphatic carbocycles. The van der Waals surface area contributed by atoms with Gasteiger partial charge in [0.2, 0.25) is 0 Å². The topological polar surface area (TPSA) is 45.2 Å². The van der Waals surface area contributed by atoms with Gasteiger partial charge in [0.05, 0.1) is 0 Å². The van der Waals surface area contributed by atoms with Crippen molar-refractivity contribution in [3.8, 4) is 0 Å². The van der Waals surface area contributed by atoms with Gasteiger partial charge in [-0.1, -0.05) is 6.07 Å². The molecule has 2 heterocycles. The highest BCUT2D eigenvalue weighted by Crippen LogP contribution is 2.17. The van der Waals surface area contributed by atoms with Gasteiger partial charge in [-0.3, -0.25) is 4.79 Å². The van der Waals surface area contributed by atoms with E-state index in [9.17, 15) is 4.79 Å². The maximum absolute atomic E-state index is 12.3. The van der Waals surface area contributed by atoms with E-state index >= 15 is 0 Å². The Morgan fingerprint density at radius 2 is 2.17 bits per heavy atom. The second-order valence-corrected chi connectivity index (χ2v) is 4.96. The van der Waals surface area contributed by atoms with Crippen LogP contribution in [0, 0.1) is 12.8 Å². The molecule has 0 saturated carbocycles. The van der Waals surface area contributed by atoms with Gasteiger partial charge in [0, 0.05) is 18.8 Å². The predicted molar refractivity (Wildman–Crippen MR) is 71.5 cm³/mol. The standard InChI is InChI=1S/C14H21N3O/c1-11-4-3-5-13(16-11)14(18)17-8-6-12(7-9-17)10-15-2/h3-5,12,15H,6-10H2,1-2H3. The first-order valence-corrected chi connectivity index (χ1v) is 6.58. The van der Waals surface area contributed by atoms with Gasteiger partial charge in [0.25, 0.3) is 5.91 Å². The van der Waals surface area contributed by atoms with Crippen molar-refractivity contribution in [1.82, 2.24) is 15.2 Å². The number of pyridine rings is 1. The molecule has 4 heteroatoms. The van der Waals surface area contributed by atoms with E-state index in [1.165, 1.54) is 0 Å². The molecular formula is C14H21N3O. The largest absolute Gasteiger partial charge is 0.337 e. The lowest BCUT2D eigenvalue weighted by molar-refractivity contribution is 0.0684. The number of hydrogen-bond donors (Lipinski definition) is 1. The van der Waals surface area contributed by atoms with Crippen molar-refractivity contribution in [3.63, 3.8) is 0 Å². The van der Waals surface area contributed by atoms with Crippen LogP contribution >= 0.6 is 0 Å². The van der Waals surface area contributed by atoms with Gasteiger partial charge >= 0.3 is 0 Å². The third-order valence-corrected chi connectivity index (χ3v) is 3.50. The second kappa shape index (κ2) is 5.96. The van der Waals surface area contributed by atoms with Crippen LogP contribution in [-0.4, -0.2) is 42.5 Å². The maximum Gasteiger partial charge on any atom is 0.272 e. The molecule has 0 radical (unpaired) electrons. The molecule has 1 aliphatic rings. The van der Waals surface area contributed by atoms with Crippen molar-refractivity contribution in [2.24, 2.45) is 5.92 Å². The summed E-state index contributed by atoms with van der Waals surface area (Å²) in [4.78, 5) is 18.5. The van der Waals surface area contributed by atoms with Crippen molar-refractivity contribution < 1.29 is 4.79 Å². The Labute approximate surface area is 108 Å². The molecule has 0 spiro atoms. The van der Waals surface area contributed by atoms with E-state index in [0.29, 0.717) is 11.6 Å². The van der Waals surface area contributed by atoms with Crippen molar-refractivity contribution in [1.29, 1.82) is 0 Å². The minimum absolute atomic E-state index is 0.0709. The molecule has 98 valence electrons. The Bertz CT molecular complexity index is 411. The van der Waals surface area contributed by atoms with Crippen LogP contribution in [-0.2, 0) is 0 Å². The van der Waals surface area contributed by atoms with Crippen LogP contribution in [0.3, 0.4) is 0 Å². The molecule has 1 aliphatic heterocycles. The van der Waals surface area contributed by atoms with E-state index in [4.69, 9.17) is 0 Å². The number of carbonyl (C=O) groups excluding carboxylic acids is 1. The third kappa shape index (κ3) is 3.07. The third-order valence-electron chi connectivity index (χ3n) is 3.50. The highest BCUT2D eigenvalue weighted by atomic mass is 16.2. The van der Waals surface area contributed by atoms with Crippen molar-refractivity contribution in [3.05, 3.63) is 29.6 Å². The zero-order valence-corrected chi connectivity index (χ0v) is 11.1. The molecule has 0 unspecified atom stereocenters. The summed E-state index contributed by atoms with van der Waals surface area (Å²) in [5, 5.41) is 3.20. The monoisotopic (exact) mass is 247 g/mol. The van der Waals surface area contributed by atoms with Gasteiger partial charge in [-0.25, -0.2) is 4.98 Å². The smallest absolute Gasteiger partial charge is 0.272 e. The quantitative estimate of drug-likeness (QED) is 0.879. The first kappa shape index (κ1) is 13.0. The lowest BCUT2D eigenvalue weighted by atomic mass is 9.96. The van der Waals surface area contributed by atoms with Crippen molar-refractivity contribution in [2.75, 3.05) is 26.7 Å². The average molecular weight is 247 g/mol. The molecule has 1 aromatic heterocycles. The summed E-state index contributed by atoms with van der Waals surface area (Å²) < 4.78 is 0. The molecule has 4 nitrogen and oxygen atoms in total. The number of carbonyl (C=O) groups is 1. The minimum atomic E-state index is 0.0709. The molecular weight excluding hydrogens is 226 g/mol. The fourth-order valence-electron chi connectivity index (χ4n) is 2.45. The number of piperidine rings is 1. The Hall–Kier alpha value is -1.42. The number of aryl methyl sites for hydroxylation is 1. The molecule has 0 bridgehead atoms. The number of rotatable bonds is 3. The number of amides is 1. The molecule has 1 saturated heterocycles. The van der Waals surface area contributed by atoms with E-state index in [1.807, 2.05) is 31.0 Å². The summed E-state index contributed by atoms with van der Waals surface area (Å²) >= 11 is 0. The van der Waals surface area contributed by atoms with Crippen LogP contribution < -0.4 is 5.32 Å². The Balaban J connectivity index is 1.95. The number of likely N-dealkylation sites (tertiary alicyclic amines) is 1. The summed E-state index contributed by atoms with van der Waals surface area (Å²) in [5.74, 6) is 0.770. The van der Waals surface area contributed by atoms with Crippen LogP contribution in [0.15, 0.2) is 18.2 Å². The van der Waals surface area contributed by atoms with E-state index in [1.54, 1.807) is 6.07 Å². The first-order chi connectivity index (χ1) is 8.70. The van der Waals surface area contributed by atoms with Crippen LogP contribution in [0.2, 0.25) is 0 Å². The molecule has 0 aromatic carbocycles. The van der Waals surface area contributed by atoms with Crippen LogP contribution in [0.5, 0.6) is 0 Å². The SMILES string of the molecule is CNCC1CCN(C(=O)c2cccc(C)n2)CC1. The normalized spacial score (nSPS) is 16.9. The average Bonchev–Trinajstić information content (AvgIpc) is 2.39. The summed E-state index contributed by atoms with van der Waals surface area (Å²) in [6, 6.07) is 5.61.